The monoisotopic (exact) mass is 380 g/mol. The number of methoxy groups -OCH3 is 1. The second-order valence-corrected chi connectivity index (χ2v) is 6.50. The molecule has 1 aliphatic heterocycles. The lowest BCUT2D eigenvalue weighted by Crippen LogP contribution is -2.52. The first kappa shape index (κ1) is 20.3. The van der Waals surface area contributed by atoms with Crippen molar-refractivity contribution in [3.63, 3.8) is 0 Å². The Labute approximate surface area is 158 Å². The summed E-state index contributed by atoms with van der Waals surface area (Å²) in [4.78, 5) is 26.8. The number of aryl methyl sites for hydroxylation is 1. The molecule has 2 heterocycles. The van der Waals surface area contributed by atoms with Crippen molar-refractivity contribution in [2.45, 2.75) is 32.7 Å². The van der Waals surface area contributed by atoms with Gasteiger partial charge in [0.05, 0.1) is 7.11 Å². The fourth-order valence-electron chi connectivity index (χ4n) is 3.38. The summed E-state index contributed by atoms with van der Waals surface area (Å²) in [6.07, 6.45) is 0.712. The molecule has 0 radical (unpaired) electrons. The molecule has 0 bridgehead atoms. The number of amides is 1. The Balaban J connectivity index is 0.00000243. The quantitative estimate of drug-likeness (QED) is 0.824. The highest BCUT2D eigenvalue weighted by Crippen LogP contribution is 2.24. The molecule has 0 saturated carbocycles. The fourth-order valence-corrected chi connectivity index (χ4v) is 3.38. The van der Waals surface area contributed by atoms with Crippen LogP contribution in [0.25, 0.3) is 11.0 Å². The molecular weight excluding hydrogens is 356 g/mol. The Morgan fingerprint density at radius 1 is 1.42 bits per heavy atom. The number of fused-ring (bicyclic) bond motifs is 1. The summed E-state index contributed by atoms with van der Waals surface area (Å²) in [5.41, 5.74) is 1.58. The van der Waals surface area contributed by atoms with E-state index in [1.54, 1.807) is 13.2 Å². The van der Waals surface area contributed by atoms with Gasteiger partial charge in [-0.15, -0.1) is 12.4 Å². The van der Waals surface area contributed by atoms with E-state index in [0.29, 0.717) is 36.3 Å². The molecule has 0 spiro atoms. The average molecular weight is 381 g/mol. The number of nitrogens with zero attached hydrogens (tertiary/aromatic N) is 1. The minimum atomic E-state index is -0.376. The third-order valence-electron chi connectivity index (χ3n) is 4.91. The molecule has 1 aromatic carbocycles. The molecule has 3 rings (SSSR count). The van der Waals surface area contributed by atoms with Crippen molar-refractivity contribution >= 4 is 29.3 Å². The van der Waals surface area contributed by atoms with Crippen LogP contribution >= 0.6 is 12.4 Å². The highest BCUT2D eigenvalue weighted by Gasteiger charge is 2.23. The van der Waals surface area contributed by atoms with Crippen LogP contribution in [0, 0.1) is 6.92 Å². The van der Waals surface area contributed by atoms with Crippen LogP contribution in [0.4, 0.5) is 0 Å². The predicted molar refractivity (Wildman–Crippen MR) is 103 cm³/mol. The lowest BCUT2D eigenvalue weighted by molar-refractivity contribution is -0.133. The van der Waals surface area contributed by atoms with Crippen LogP contribution in [0.2, 0.25) is 0 Å². The summed E-state index contributed by atoms with van der Waals surface area (Å²) in [6, 6.07) is 5.62. The lowest BCUT2D eigenvalue weighted by Gasteiger charge is -2.34. The number of halogens is 1. The molecule has 1 aliphatic rings. The Morgan fingerprint density at radius 3 is 2.88 bits per heavy atom. The SMILES string of the molecule is COc1ccc2c(C)c(CCC(=O)N3CCNC[C@@H]3C)c(=O)oc2c1.Cl. The van der Waals surface area contributed by atoms with E-state index in [-0.39, 0.29) is 30.0 Å². The van der Waals surface area contributed by atoms with Crippen LogP contribution in [-0.2, 0) is 11.2 Å². The number of hydrogen-bond donors (Lipinski definition) is 1. The number of rotatable bonds is 4. The first-order valence-corrected chi connectivity index (χ1v) is 8.61. The summed E-state index contributed by atoms with van der Waals surface area (Å²) in [5, 5.41) is 4.15. The van der Waals surface area contributed by atoms with Gasteiger partial charge in [0.2, 0.25) is 5.91 Å². The van der Waals surface area contributed by atoms with Crippen molar-refractivity contribution in [2.24, 2.45) is 0 Å². The van der Waals surface area contributed by atoms with E-state index in [4.69, 9.17) is 9.15 Å². The van der Waals surface area contributed by atoms with Gasteiger partial charge in [0.25, 0.3) is 0 Å². The van der Waals surface area contributed by atoms with Crippen LogP contribution in [0.1, 0.15) is 24.5 Å². The molecular formula is C19H25ClN2O4. The maximum Gasteiger partial charge on any atom is 0.339 e. The van der Waals surface area contributed by atoms with Gasteiger partial charge < -0.3 is 19.4 Å². The fraction of sp³-hybridized carbons (Fsp3) is 0.474. The Morgan fingerprint density at radius 2 is 2.19 bits per heavy atom. The molecule has 1 amide bonds. The van der Waals surface area contributed by atoms with Gasteiger partial charge >= 0.3 is 5.63 Å². The minimum Gasteiger partial charge on any atom is -0.497 e. The molecule has 26 heavy (non-hydrogen) atoms. The van der Waals surface area contributed by atoms with Crippen molar-refractivity contribution in [3.05, 3.63) is 39.7 Å². The van der Waals surface area contributed by atoms with Crippen molar-refractivity contribution < 1.29 is 13.9 Å². The summed E-state index contributed by atoms with van der Waals surface area (Å²) in [5.74, 6) is 0.730. The second kappa shape index (κ2) is 8.56. The highest BCUT2D eigenvalue weighted by molar-refractivity contribution is 5.85. The molecule has 1 N–H and O–H groups in total. The van der Waals surface area contributed by atoms with Gasteiger partial charge in [0.15, 0.2) is 0 Å². The normalized spacial score (nSPS) is 17.0. The number of ether oxygens (including phenoxy) is 1. The topological polar surface area (TPSA) is 71.8 Å². The third kappa shape index (κ3) is 4.02. The van der Waals surface area contributed by atoms with E-state index in [2.05, 4.69) is 5.32 Å². The largest absolute Gasteiger partial charge is 0.497 e. The molecule has 0 unspecified atom stereocenters. The van der Waals surface area contributed by atoms with E-state index in [0.717, 1.165) is 24.0 Å². The molecule has 6 nitrogen and oxygen atoms in total. The smallest absolute Gasteiger partial charge is 0.339 e. The number of benzene rings is 1. The van der Waals surface area contributed by atoms with Crippen LogP contribution < -0.4 is 15.7 Å². The zero-order valence-corrected chi connectivity index (χ0v) is 16.1. The highest BCUT2D eigenvalue weighted by atomic mass is 35.5. The van der Waals surface area contributed by atoms with E-state index in [1.807, 2.05) is 30.9 Å². The Hall–Kier alpha value is -2.05. The van der Waals surface area contributed by atoms with Gasteiger partial charge in [-0.2, -0.15) is 0 Å². The van der Waals surface area contributed by atoms with E-state index < -0.39 is 0 Å². The zero-order valence-electron chi connectivity index (χ0n) is 15.3. The first-order valence-electron chi connectivity index (χ1n) is 8.61. The van der Waals surface area contributed by atoms with Crippen molar-refractivity contribution in [2.75, 3.05) is 26.7 Å². The molecule has 1 atom stereocenters. The number of nitrogens with one attached hydrogen (secondary N) is 1. The zero-order chi connectivity index (χ0) is 18.0. The summed E-state index contributed by atoms with van der Waals surface area (Å²) >= 11 is 0. The number of piperazine rings is 1. The van der Waals surface area contributed by atoms with Gasteiger partial charge in [0, 0.05) is 49.1 Å². The lowest BCUT2D eigenvalue weighted by atomic mass is 10.0. The first-order chi connectivity index (χ1) is 12.0. The molecule has 2 aromatic rings. The summed E-state index contributed by atoms with van der Waals surface area (Å²) < 4.78 is 10.6. The minimum absolute atomic E-state index is 0. The van der Waals surface area contributed by atoms with Crippen LogP contribution in [0.5, 0.6) is 5.75 Å². The van der Waals surface area contributed by atoms with E-state index in [1.165, 1.54) is 0 Å². The van der Waals surface area contributed by atoms with Gasteiger partial charge in [-0.3, -0.25) is 4.79 Å². The standard InChI is InChI=1S/C19H24N2O4.ClH/c1-12-11-20-8-9-21(12)18(22)7-6-16-13(2)15-5-4-14(24-3)10-17(15)25-19(16)23;/h4-5,10,12,20H,6-9,11H2,1-3H3;1H/t12-;/m0./s1. The van der Waals surface area contributed by atoms with Crippen LogP contribution in [-0.4, -0.2) is 43.6 Å². The van der Waals surface area contributed by atoms with Crippen molar-refractivity contribution in [1.82, 2.24) is 10.2 Å². The molecule has 7 heteroatoms. The Bertz CT molecular complexity index is 849. The van der Waals surface area contributed by atoms with E-state index >= 15 is 0 Å². The Kier molecular flexibility index (Phi) is 6.67. The van der Waals surface area contributed by atoms with Crippen molar-refractivity contribution in [3.8, 4) is 5.75 Å². The van der Waals surface area contributed by atoms with Gasteiger partial charge in [-0.25, -0.2) is 4.79 Å². The van der Waals surface area contributed by atoms with Crippen LogP contribution in [0.3, 0.4) is 0 Å². The second-order valence-electron chi connectivity index (χ2n) is 6.50. The van der Waals surface area contributed by atoms with Crippen LogP contribution in [0.15, 0.2) is 27.4 Å². The van der Waals surface area contributed by atoms with Crippen molar-refractivity contribution in [1.29, 1.82) is 0 Å². The van der Waals surface area contributed by atoms with E-state index in [9.17, 15) is 9.59 Å². The maximum absolute atomic E-state index is 12.5. The molecule has 0 aliphatic carbocycles. The number of carbonyl (C=O) groups excluding carboxylic acids is 1. The predicted octanol–water partition coefficient (Wildman–Crippen LogP) is 2.28. The molecule has 1 fully saturated rings. The summed E-state index contributed by atoms with van der Waals surface area (Å²) in [7, 11) is 1.57. The molecule has 142 valence electrons. The number of carbonyl (C=O) groups is 1. The maximum atomic E-state index is 12.5. The number of hydrogen-bond acceptors (Lipinski definition) is 5. The molecule has 1 aromatic heterocycles. The third-order valence-corrected chi connectivity index (χ3v) is 4.91. The average Bonchev–Trinajstić information content (AvgIpc) is 2.61. The van der Waals surface area contributed by atoms with Gasteiger partial charge in [-0.05, 0) is 38.0 Å². The molecule has 1 saturated heterocycles. The van der Waals surface area contributed by atoms with Gasteiger partial charge in [0.1, 0.15) is 11.3 Å². The van der Waals surface area contributed by atoms with Gasteiger partial charge in [-0.1, -0.05) is 0 Å². The summed E-state index contributed by atoms with van der Waals surface area (Å²) in [6.45, 7) is 6.27.